The maximum Gasteiger partial charge on any atom is 0.390 e. The van der Waals surface area contributed by atoms with Crippen molar-refractivity contribution >= 4 is 17.1 Å². The second-order valence-electron chi connectivity index (χ2n) is 3.03. The molecule has 76 valence electrons. The fourth-order valence-corrected chi connectivity index (χ4v) is 1.40. The van der Waals surface area contributed by atoms with E-state index in [0.29, 0.717) is 5.52 Å². The fourth-order valence-electron chi connectivity index (χ4n) is 1.40. The van der Waals surface area contributed by atoms with Crippen LogP contribution in [0.3, 0.4) is 0 Å². The first-order chi connectivity index (χ1) is 7.11. The van der Waals surface area contributed by atoms with E-state index in [9.17, 15) is 14.9 Å². The molecule has 2 aromatic rings. The molecular formula is C9H7N3O3. The highest BCUT2D eigenvalue weighted by Crippen LogP contribution is 2.19. The third-order valence-corrected chi connectivity index (χ3v) is 2.02. The molecule has 0 fully saturated rings. The van der Waals surface area contributed by atoms with Crippen LogP contribution in [0.25, 0.3) is 5.52 Å². The number of carbonyl (C=O) groups is 1. The van der Waals surface area contributed by atoms with Crippen LogP contribution in [-0.2, 0) is 0 Å². The predicted octanol–water partition coefficient (Wildman–Crippen LogP) is 1.45. The number of hydrogen-bond acceptors (Lipinski definition) is 4. The van der Waals surface area contributed by atoms with Gasteiger partial charge >= 0.3 is 5.82 Å². The molecule has 0 aliphatic heterocycles. The van der Waals surface area contributed by atoms with Gasteiger partial charge in [0.1, 0.15) is 5.52 Å². The van der Waals surface area contributed by atoms with Crippen molar-refractivity contribution in [3.05, 3.63) is 40.3 Å². The Morgan fingerprint density at radius 2 is 2.27 bits per heavy atom. The largest absolute Gasteiger partial charge is 0.390 e. The summed E-state index contributed by atoms with van der Waals surface area (Å²) in [7, 11) is 0. The van der Waals surface area contributed by atoms with E-state index >= 15 is 0 Å². The molecule has 2 rings (SSSR count). The van der Waals surface area contributed by atoms with Crippen molar-refractivity contribution in [3.63, 3.8) is 0 Å². The zero-order chi connectivity index (χ0) is 11.0. The highest BCUT2D eigenvalue weighted by Gasteiger charge is 2.23. The Morgan fingerprint density at radius 3 is 2.87 bits per heavy atom. The van der Waals surface area contributed by atoms with Crippen molar-refractivity contribution in [1.29, 1.82) is 0 Å². The molecule has 0 saturated carbocycles. The van der Waals surface area contributed by atoms with E-state index in [1.54, 1.807) is 24.4 Å². The molecule has 6 heteroatoms. The van der Waals surface area contributed by atoms with Gasteiger partial charge in [0.25, 0.3) is 5.82 Å². The van der Waals surface area contributed by atoms with Crippen molar-refractivity contribution in [2.24, 2.45) is 0 Å². The van der Waals surface area contributed by atoms with Crippen molar-refractivity contribution in [1.82, 2.24) is 9.38 Å². The summed E-state index contributed by atoms with van der Waals surface area (Å²) < 4.78 is 1.42. The van der Waals surface area contributed by atoms with E-state index in [-0.39, 0.29) is 17.4 Å². The Bertz CT molecular complexity index is 511. The van der Waals surface area contributed by atoms with Crippen LogP contribution in [0.15, 0.2) is 24.4 Å². The van der Waals surface area contributed by atoms with Crippen molar-refractivity contribution in [3.8, 4) is 0 Å². The van der Waals surface area contributed by atoms with Gasteiger partial charge in [0.05, 0.1) is 0 Å². The van der Waals surface area contributed by atoms with Gasteiger partial charge < -0.3 is 10.1 Å². The van der Waals surface area contributed by atoms with Crippen LogP contribution >= 0.6 is 0 Å². The highest BCUT2D eigenvalue weighted by molar-refractivity contribution is 5.92. The number of rotatable bonds is 2. The Kier molecular flexibility index (Phi) is 1.96. The number of ketones is 1. The maximum absolute atomic E-state index is 11.2. The summed E-state index contributed by atoms with van der Waals surface area (Å²) in [5.41, 5.74) is 0.327. The monoisotopic (exact) mass is 205 g/mol. The quantitative estimate of drug-likeness (QED) is 0.422. The summed E-state index contributed by atoms with van der Waals surface area (Å²) in [6, 6.07) is 4.90. The van der Waals surface area contributed by atoms with Gasteiger partial charge in [0.15, 0.2) is 0 Å². The molecular weight excluding hydrogens is 198 g/mol. The summed E-state index contributed by atoms with van der Waals surface area (Å²) in [6.45, 7) is 1.32. The molecule has 15 heavy (non-hydrogen) atoms. The average molecular weight is 205 g/mol. The number of fused-ring (bicyclic) bond motifs is 1. The summed E-state index contributed by atoms with van der Waals surface area (Å²) in [6.07, 6.45) is 1.58. The molecule has 6 nitrogen and oxygen atoms in total. The van der Waals surface area contributed by atoms with Gasteiger partial charge in [-0.15, -0.1) is 0 Å². The molecule has 0 unspecified atom stereocenters. The van der Waals surface area contributed by atoms with Gasteiger partial charge in [-0.25, -0.2) is 0 Å². The number of nitrogens with zero attached hydrogens (tertiary/aromatic N) is 3. The number of imidazole rings is 1. The number of aromatic nitrogens is 2. The lowest BCUT2D eigenvalue weighted by Gasteiger charge is -1.92. The Hall–Kier alpha value is -2.24. The summed E-state index contributed by atoms with van der Waals surface area (Å²) in [4.78, 5) is 25.0. The van der Waals surface area contributed by atoms with E-state index in [1.165, 1.54) is 11.3 Å². The van der Waals surface area contributed by atoms with Crippen molar-refractivity contribution in [2.45, 2.75) is 6.92 Å². The summed E-state index contributed by atoms with van der Waals surface area (Å²) in [5.74, 6) is -0.512. The third-order valence-electron chi connectivity index (χ3n) is 2.02. The number of nitro groups is 1. The average Bonchev–Trinajstić information content (AvgIpc) is 2.56. The first-order valence-corrected chi connectivity index (χ1v) is 4.23. The zero-order valence-electron chi connectivity index (χ0n) is 7.88. The lowest BCUT2D eigenvalue weighted by molar-refractivity contribution is -0.387. The number of carbonyl (C=O) groups excluding carboxylic acids is 1. The zero-order valence-corrected chi connectivity index (χ0v) is 7.88. The van der Waals surface area contributed by atoms with Gasteiger partial charge in [-0.3, -0.25) is 9.20 Å². The predicted molar refractivity (Wildman–Crippen MR) is 51.9 cm³/mol. The molecule has 2 aromatic heterocycles. The van der Waals surface area contributed by atoms with Crippen LogP contribution in [0, 0.1) is 10.1 Å². The second-order valence-corrected chi connectivity index (χ2v) is 3.03. The summed E-state index contributed by atoms with van der Waals surface area (Å²) >= 11 is 0. The Morgan fingerprint density at radius 1 is 1.53 bits per heavy atom. The van der Waals surface area contributed by atoms with Gasteiger partial charge in [-0.1, -0.05) is 6.07 Å². The maximum atomic E-state index is 11.2. The Labute approximate surface area is 84.3 Å². The fraction of sp³-hybridized carbons (Fsp3) is 0.111. The first kappa shape index (κ1) is 9.32. The SMILES string of the molecule is CC(=O)c1nc([N+](=O)[O-])c2ccccn12. The van der Waals surface area contributed by atoms with Crippen LogP contribution < -0.4 is 0 Å². The van der Waals surface area contributed by atoms with Crippen molar-refractivity contribution < 1.29 is 9.72 Å². The smallest absolute Gasteiger partial charge is 0.358 e. The highest BCUT2D eigenvalue weighted by atomic mass is 16.6. The molecule has 0 aliphatic carbocycles. The molecule has 0 bridgehead atoms. The van der Waals surface area contributed by atoms with Gasteiger partial charge in [0.2, 0.25) is 5.78 Å². The van der Waals surface area contributed by atoms with Crippen LogP contribution in [-0.4, -0.2) is 20.1 Å². The minimum absolute atomic E-state index is 0.0808. The number of Topliss-reactive ketones (excluding diaryl/α,β-unsaturated/α-hetero) is 1. The molecule has 0 spiro atoms. The molecule has 0 amide bonds. The molecule has 2 heterocycles. The minimum atomic E-state index is -0.595. The molecule has 0 aliphatic rings. The molecule has 0 aromatic carbocycles. The van der Waals surface area contributed by atoms with E-state index < -0.39 is 4.92 Å². The van der Waals surface area contributed by atoms with Crippen LogP contribution in [0.5, 0.6) is 0 Å². The summed E-state index contributed by atoms with van der Waals surface area (Å²) in [5, 5.41) is 10.7. The normalized spacial score (nSPS) is 10.5. The van der Waals surface area contributed by atoms with Gasteiger partial charge in [-0.05, 0) is 22.0 Å². The van der Waals surface area contributed by atoms with Crippen LogP contribution in [0.4, 0.5) is 5.82 Å². The van der Waals surface area contributed by atoms with Gasteiger partial charge in [-0.2, -0.15) is 0 Å². The van der Waals surface area contributed by atoms with Crippen LogP contribution in [0.1, 0.15) is 17.5 Å². The first-order valence-electron chi connectivity index (χ1n) is 4.23. The van der Waals surface area contributed by atoms with Crippen LogP contribution in [0.2, 0.25) is 0 Å². The second kappa shape index (κ2) is 3.16. The topological polar surface area (TPSA) is 77.5 Å². The van der Waals surface area contributed by atoms with Crippen molar-refractivity contribution in [2.75, 3.05) is 0 Å². The molecule has 0 atom stereocenters. The lowest BCUT2D eigenvalue weighted by atomic mass is 10.4. The molecule has 0 N–H and O–H groups in total. The van der Waals surface area contributed by atoms with E-state index in [1.807, 2.05) is 0 Å². The third kappa shape index (κ3) is 1.35. The standard InChI is InChI=1S/C9H7N3O3/c1-6(13)8-10-9(12(14)15)7-4-2-3-5-11(7)8/h2-5H,1H3. The number of hydrogen-bond donors (Lipinski definition) is 0. The molecule has 0 saturated heterocycles. The van der Waals surface area contributed by atoms with E-state index in [2.05, 4.69) is 4.98 Å². The van der Waals surface area contributed by atoms with Gasteiger partial charge in [0, 0.05) is 13.1 Å². The lowest BCUT2D eigenvalue weighted by Crippen LogP contribution is -1.99. The minimum Gasteiger partial charge on any atom is -0.358 e. The van der Waals surface area contributed by atoms with E-state index in [0.717, 1.165) is 0 Å². The number of pyridine rings is 1. The molecule has 0 radical (unpaired) electrons. The van der Waals surface area contributed by atoms with E-state index in [4.69, 9.17) is 0 Å². The Balaban J connectivity index is 2.85.